The summed E-state index contributed by atoms with van der Waals surface area (Å²) in [6.45, 7) is 7.01. The molecular formula is C21H22N4O3S3. The van der Waals surface area contributed by atoms with Crippen molar-refractivity contribution < 1.29 is 13.2 Å². The van der Waals surface area contributed by atoms with Crippen LogP contribution in [0.5, 0.6) is 0 Å². The van der Waals surface area contributed by atoms with Crippen LogP contribution in [0.1, 0.15) is 11.1 Å². The minimum Gasteiger partial charge on any atom is -0.299 e. The number of sulfonamides is 1. The summed E-state index contributed by atoms with van der Waals surface area (Å²) < 4.78 is 28.6. The van der Waals surface area contributed by atoms with E-state index >= 15 is 0 Å². The molecule has 0 aliphatic carbocycles. The Morgan fingerprint density at radius 1 is 1.19 bits per heavy atom. The van der Waals surface area contributed by atoms with E-state index in [1.54, 1.807) is 30.3 Å². The van der Waals surface area contributed by atoms with Crippen molar-refractivity contribution in [2.24, 2.45) is 0 Å². The number of anilines is 2. The van der Waals surface area contributed by atoms with Crippen molar-refractivity contribution in [1.29, 1.82) is 0 Å². The van der Waals surface area contributed by atoms with Gasteiger partial charge in [0.25, 0.3) is 10.0 Å². The fourth-order valence-electron chi connectivity index (χ4n) is 2.84. The van der Waals surface area contributed by atoms with Crippen molar-refractivity contribution in [1.82, 2.24) is 10.2 Å². The van der Waals surface area contributed by atoms with E-state index in [1.165, 1.54) is 35.2 Å². The third kappa shape index (κ3) is 5.72. The molecule has 0 unspecified atom stereocenters. The van der Waals surface area contributed by atoms with Crippen molar-refractivity contribution in [2.75, 3.05) is 21.9 Å². The molecule has 10 heteroatoms. The SMILES string of the molecule is C=CCSc1nnc(NC(=O)CN(c2ccc(C)cc2C)S(=O)(=O)c2ccccc2)s1. The van der Waals surface area contributed by atoms with E-state index in [1.807, 2.05) is 26.0 Å². The fraction of sp³-hybridized carbons (Fsp3) is 0.190. The summed E-state index contributed by atoms with van der Waals surface area (Å²) in [4.78, 5) is 12.9. The molecule has 0 atom stereocenters. The summed E-state index contributed by atoms with van der Waals surface area (Å²) in [6, 6.07) is 13.5. The first-order chi connectivity index (χ1) is 14.8. The van der Waals surface area contributed by atoms with Gasteiger partial charge in [-0.1, -0.05) is 65.1 Å². The minimum atomic E-state index is -3.96. The number of amides is 1. The van der Waals surface area contributed by atoms with Crippen LogP contribution in [-0.2, 0) is 14.8 Å². The first-order valence-electron chi connectivity index (χ1n) is 9.33. The van der Waals surface area contributed by atoms with Crippen LogP contribution < -0.4 is 9.62 Å². The Hall–Kier alpha value is -2.69. The molecule has 0 saturated heterocycles. The van der Waals surface area contributed by atoms with E-state index in [0.717, 1.165) is 15.4 Å². The molecular weight excluding hydrogens is 452 g/mol. The molecule has 1 heterocycles. The first kappa shape index (κ1) is 23.0. The van der Waals surface area contributed by atoms with Crippen LogP contribution in [0.3, 0.4) is 0 Å². The molecule has 3 rings (SSSR count). The van der Waals surface area contributed by atoms with Crippen molar-refractivity contribution in [3.63, 3.8) is 0 Å². The zero-order valence-electron chi connectivity index (χ0n) is 17.1. The maximum atomic E-state index is 13.4. The van der Waals surface area contributed by atoms with E-state index in [4.69, 9.17) is 0 Å². The van der Waals surface area contributed by atoms with Gasteiger partial charge in [0.1, 0.15) is 6.54 Å². The molecule has 3 aromatic rings. The Labute approximate surface area is 190 Å². The third-order valence-corrected chi connectivity index (χ3v) is 7.96. The van der Waals surface area contributed by atoms with Gasteiger partial charge in [-0.2, -0.15) is 0 Å². The maximum Gasteiger partial charge on any atom is 0.264 e. The van der Waals surface area contributed by atoms with Gasteiger partial charge in [0.2, 0.25) is 11.0 Å². The predicted octanol–water partition coefficient (Wildman–Crippen LogP) is 4.27. The van der Waals surface area contributed by atoms with Crippen molar-refractivity contribution in [3.8, 4) is 0 Å². The van der Waals surface area contributed by atoms with E-state index < -0.39 is 22.5 Å². The molecule has 1 aromatic heterocycles. The van der Waals surface area contributed by atoms with Gasteiger partial charge in [-0.05, 0) is 37.6 Å². The lowest BCUT2D eigenvalue weighted by atomic mass is 10.1. The molecule has 0 saturated carbocycles. The zero-order valence-corrected chi connectivity index (χ0v) is 19.6. The Morgan fingerprint density at radius 2 is 1.94 bits per heavy atom. The molecule has 31 heavy (non-hydrogen) atoms. The van der Waals surface area contributed by atoms with E-state index in [9.17, 15) is 13.2 Å². The molecule has 0 fully saturated rings. The zero-order chi connectivity index (χ0) is 22.4. The Bertz CT molecular complexity index is 1180. The number of carbonyl (C=O) groups excluding carboxylic acids is 1. The standard InChI is InChI=1S/C21H22N4O3S3/c1-4-12-29-21-24-23-20(30-21)22-19(26)14-25(18-11-10-15(2)13-16(18)3)31(27,28)17-8-6-5-7-9-17/h4-11,13H,1,12,14H2,2-3H3,(H,22,23,26). The topological polar surface area (TPSA) is 92.3 Å². The fourth-order valence-corrected chi connectivity index (χ4v) is 5.88. The largest absolute Gasteiger partial charge is 0.299 e. The van der Waals surface area contributed by atoms with Crippen LogP contribution in [0.25, 0.3) is 0 Å². The van der Waals surface area contributed by atoms with Crippen molar-refractivity contribution in [3.05, 3.63) is 72.3 Å². The number of hydrogen-bond acceptors (Lipinski definition) is 7. The second-order valence-corrected chi connectivity index (χ2v) is 10.7. The van der Waals surface area contributed by atoms with E-state index in [-0.39, 0.29) is 4.90 Å². The third-order valence-electron chi connectivity index (χ3n) is 4.22. The smallest absolute Gasteiger partial charge is 0.264 e. The predicted molar refractivity (Wildman–Crippen MR) is 126 cm³/mol. The molecule has 0 bridgehead atoms. The molecule has 162 valence electrons. The maximum absolute atomic E-state index is 13.4. The monoisotopic (exact) mass is 474 g/mol. The van der Waals surface area contributed by atoms with Crippen LogP contribution in [0.15, 0.2) is 70.4 Å². The van der Waals surface area contributed by atoms with E-state index in [0.29, 0.717) is 20.9 Å². The van der Waals surface area contributed by atoms with Crippen LogP contribution in [0.4, 0.5) is 10.8 Å². The second-order valence-electron chi connectivity index (χ2n) is 6.64. The normalized spacial score (nSPS) is 11.2. The number of carbonyl (C=O) groups is 1. The Balaban J connectivity index is 1.89. The average Bonchev–Trinajstić information content (AvgIpc) is 3.18. The van der Waals surface area contributed by atoms with Crippen LogP contribution >= 0.6 is 23.1 Å². The summed E-state index contributed by atoms with van der Waals surface area (Å²) in [6.07, 6.45) is 1.75. The van der Waals surface area contributed by atoms with Crippen LogP contribution in [-0.4, -0.2) is 36.8 Å². The number of hydrogen-bond donors (Lipinski definition) is 1. The number of thioether (sulfide) groups is 1. The van der Waals surface area contributed by atoms with Gasteiger partial charge in [-0.15, -0.1) is 16.8 Å². The van der Waals surface area contributed by atoms with Gasteiger partial charge in [0.05, 0.1) is 10.6 Å². The lowest BCUT2D eigenvalue weighted by Gasteiger charge is -2.25. The first-order valence-corrected chi connectivity index (χ1v) is 12.6. The van der Waals surface area contributed by atoms with Crippen molar-refractivity contribution >= 4 is 49.8 Å². The van der Waals surface area contributed by atoms with Crippen LogP contribution in [0.2, 0.25) is 0 Å². The number of aromatic nitrogens is 2. The summed E-state index contributed by atoms with van der Waals surface area (Å²) >= 11 is 2.68. The van der Waals surface area contributed by atoms with Crippen LogP contribution in [0, 0.1) is 13.8 Å². The van der Waals surface area contributed by atoms with Crippen molar-refractivity contribution in [2.45, 2.75) is 23.1 Å². The molecule has 0 spiro atoms. The highest BCUT2D eigenvalue weighted by atomic mass is 32.2. The molecule has 0 aliphatic heterocycles. The molecule has 1 amide bonds. The Kier molecular flexibility index (Phi) is 7.47. The van der Waals surface area contributed by atoms with Gasteiger partial charge in [-0.3, -0.25) is 14.4 Å². The van der Waals surface area contributed by atoms with Gasteiger partial charge in [-0.25, -0.2) is 8.42 Å². The lowest BCUT2D eigenvalue weighted by molar-refractivity contribution is -0.114. The number of rotatable bonds is 9. The van der Waals surface area contributed by atoms with Gasteiger partial charge in [0, 0.05) is 5.75 Å². The number of benzene rings is 2. The quantitative estimate of drug-likeness (QED) is 0.283. The summed E-state index contributed by atoms with van der Waals surface area (Å²) in [5, 5.41) is 10.9. The molecule has 1 N–H and O–H groups in total. The van der Waals surface area contributed by atoms with E-state index in [2.05, 4.69) is 22.1 Å². The molecule has 0 aliphatic rings. The minimum absolute atomic E-state index is 0.113. The van der Waals surface area contributed by atoms with Gasteiger partial charge < -0.3 is 0 Å². The highest BCUT2D eigenvalue weighted by Gasteiger charge is 2.28. The molecule has 0 radical (unpaired) electrons. The van der Waals surface area contributed by atoms with Gasteiger partial charge >= 0.3 is 0 Å². The second kappa shape index (κ2) is 10.1. The summed E-state index contributed by atoms with van der Waals surface area (Å²) in [5.41, 5.74) is 2.21. The molecule has 7 nitrogen and oxygen atoms in total. The average molecular weight is 475 g/mol. The summed E-state index contributed by atoms with van der Waals surface area (Å²) in [7, 11) is -3.96. The lowest BCUT2D eigenvalue weighted by Crippen LogP contribution is -2.38. The number of nitrogens with zero attached hydrogens (tertiary/aromatic N) is 3. The highest BCUT2D eigenvalue weighted by molar-refractivity contribution is 8.01. The van der Waals surface area contributed by atoms with Gasteiger partial charge in [0.15, 0.2) is 4.34 Å². The highest BCUT2D eigenvalue weighted by Crippen LogP contribution is 2.28. The Morgan fingerprint density at radius 3 is 2.61 bits per heavy atom. The number of aryl methyl sites for hydroxylation is 2. The number of nitrogens with one attached hydrogen (secondary N) is 1. The molecule has 2 aromatic carbocycles. The summed E-state index contributed by atoms with van der Waals surface area (Å²) in [5.74, 6) is 0.175.